The predicted octanol–water partition coefficient (Wildman–Crippen LogP) is 1.80. The predicted molar refractivity (Wildman–Crippen MR) is 72.6 cm³/mol. The van der Waals surface area contributed by atoms with E-state index >= 15 is 0 Å². The molecule has 0 aromatic heterocycles. The van der Waals surface area contributed by atoms with Crippen molar-refractivity contribution >= 4 is 5.91 Å². The molecule has 1 aromatic rings. The van der Waals surface area contributed by atoms with Gasteiger partial charge in [0.2, 0.25) is 0 Å². The van der Waals surface area contributed by atoms with Gasteiger partial charge in [0.05, 0.1) is 5.56 Å². The largest absolute Gasteiger partial charge is 0.507 e. The first-order chi connectivity index (χ1) is 8.40. The van der Waals surface area contributed by atoms with Gasteiger partial charge in [-0.2, -0.15) is 0 Å². The van der Waals surface area contributed by atoms with Crippen LogP contribution in [0.15, 0.2) is 18.2 Å². The third kappa shape index (κ3) is 4.37. The van der Waals surface area contributed by atoms with Gasteiger partial charge in [-0.15, -0.1) is 0 Å². The van der Waals surface area contributed by atoms with Crippen LogP contribution in [0.2, 0.25) is 0 Å². The molecule has 0 aliphatic rings. The molecule has 0 fully saturated rings. The lowest BCUT2D eigenvalue weighted by molar-refractivity contribution is 0.0947. The van der Waals surface area contributed by atoms with Gasteiger partial charge in [0, 0.05) is 12.6 Å². The molecule has 0 saturated carbocycles. The van der Waals surface area contributed by atoms with Crippen molar-refractivity contribution in [2.45, 2.75) is 33.2 Å². The molecule has 0 radical (unpaired) electrons. The highest BCUT2D eigenvalue weighted by atomic mass is 16.3. The first kappa shape index (κ1) is 14.5. The quantitative estimate of drug-likeness (QED) is 0.746. The molecule has 4 nitrogen and oxygen atoms in total. The summed E-state index contributed by atoms with van der Waals surface area (Å²) in [6, 6.07) is 4.90. The van der Waals surface area contributed by atoms with Crippen molar-refractivity contribution in [2.75, 3.05) is 6.54 Å². The molecule has 1 aromatic carbocycles. The number of rotatable bonds is 5. The van der Waals surface area contributed by atoms with Crippen molar-refractivity contribution in [1.82, 2.24) is 5.32 Å². The smallest absolute Gasteiger partial charge is 0.255 e. The SMILES string of the molecule is Cc1ccc(O)c(C(=O)NCC(N)CC(C)C)c1. The maximum atomic E-state index is 11.9. The number of carbonyl (C=O) groups excluding carboxylic acids is 1. The number of amides is 1. The topological polar surface area (TPSA) is 75.3 Å². The zero-order chi connectivity index (χ0) is 13.7. The van der Waals surface area contributed by atoms with Gasteiger partial charge in [0.15, 0.2) is 0 Å². The van der Waals surface area contributed by atoms with E-state index in [9.17, 15) is 9.90 Å². The highest BCUT2D eigenvalue weighted by Gasteiger charge is 2.12. The van der Waals surface area contributed by atoms with Gasteiger partial charge in [-0.05, 0) is 31.4 Å². The molecular weight excluding hydrogens is 228 g/mol. The number of benzene rings is 1. The summed E-state index contributed by atoms with van der Waals surface area (Å²) in [6.07, 6.45) is 0.861. The fraction of sp³-hybridized carbons (Fsp3) is 0.500. The Morgan fingerprint density at radius 1 is 1.44 bits per heavy atom. The number of phenols is 1. The molecular formula is C14H22N2O2. The van der Waals surface area contributed by atoms with Crippen molar-refractivity contribution < 1.29 is 9.90 Å². The minimum absolute atomic E-state index is 0.00414. The molecule has 1 rings (SSSR count). The molecule has 0 spiro atoms. The van der Waals surface area contributed by atoms with Crippen molar-refractivity contribution in [3.63, 3.8) is 0 Å². The van der Waals surface area contributed by atoms with E-state index in [1.165, 1.54) is 6.07 Å². The number of hydrogen-bond donors (Lipinski definition) is 3. The van der Waals surface area contributed by atoms with E-state index < -0.39 is 0 Å². The molecule has 4 heteroatoms. The Hall–Kier alpha value is -1.55. The van der Waals surface area contributed by atoms with E-state index in [4.69, 9.17) is 5.73 Å². The highest BCUT2D eigenvalue weighted by Crippen LogP contribution is 2.17. The Kier molecular flexibility index (Phi) is 5.16. The molecule has 0 aliphatic carbocycles. The van der Waals surface area contributed by atoms with E-state index in [-0.39, 0.29) is 17.7 Å². The lowest BCUT2D eigenvalue weighted by Crippen LogP contribution is -2.38. The van der Waals surface area contributed by atoms with Gasteiger partial charge in [0.25, 0.3) is 5.91 Å². The summed E-state index contributed by atoms with van der Waals surface area (Å²) in [5.41, 5.74) is 7.12. The normalized spacial score (nSPS) is 12.5. The Morgan fingerprint density at radius 2 is 2.11 bits per heavy atom. The maximum absolute atomic E-state index is 11.9. The number of hydrogen-bond acceptors (Lipinski definition) is 3. The molecule has 0 heterocycles. The van der Waals surface area contributed by atoms with E-state index in [2.05, 4.69) is 19.2 Å². The van der Waals surface area contributed by atoms with E-state index in [0.29, 0.717) is 18.0 Å². The fourth-order valence-corrected chi connectivity index (χ4v) is 1.84. The number of nitrogens with two attached hydrogens (primary N) is 1. The lowest BCUT2D eigenvalue weighted by atomic mass is 10.0. The van der Waals surface area contributed by atoms with Crippen molar-refractivity contribution in [3.8, 4) is 5.75 Å². The molecule has 100 valence electrons. The fourth-order valence-electron chi connectivity index (χ4n) is 1.84. The van der Waals surface area contributed by atoms with Crippen molar-refractivity contribution in [2.24, 2.45) is 11.7 Å². The molecule has 0 aliphatic heterocycles. The minimum atomic E-state index is -0.282. The summed E-state index contributed by atoms with van der Waals surface area (Å²) in [6.45, 7) is 6.48. The van der Waals surface area contributed by atoms with E-state index in [0.717, 1.165) is 12.0 Å². The van der Waals surface area contributed by atoms with Crippen LogP contribution in [0.3, 0.4) is 0 Å². The van der Waals surface area contributed by atoms with Crippen LogP contribution in [0.4, 0.5) is 0 Å². The summed E-state index contributed by atoms with van der Waals surface area (Å²) in [5.74, 6) is 0.218. The summed E-state index contributed by atoms with van der Waals surface area (Å²) in [5, 5.41) is 12.4. The Bertz CT molecular complexity index is 416. The first-order valence-corrected chi connectivity index (χ1v) is 6.23. The second-order valence-electron chi connectivity index (χ2n) is 5.12. The highest BCUT2D eigenvalue weighted by molar-refractivity contribution is 5.96. The molecule has 1 amide bonds. The number of carbonyl (C=O) groups is 1. The maximum Gasteiger partial charge on any atom is 0.255 e. The van der Waals surface area contributed by atoms with E-state index in [1.807, 2.05) is 6.92 Å². The van der Waals surface area contributed by atoms with Gasteiger partial charge in [-0.3, -0.25) is 4.79 Å². The molecule has 0 saturated heterocycles. The second kappa shape index (κ2) is 6.40. The Balaban J connectivity index is 2.58. The number of nitrogens with one attached hydrogen (secondary N) is 1. The second-order valence-corrected chi connectivity index (χ2v) is 5.12. The van der Waals surface area contributed by atoms with Crippen molar-refractivity contribution in [3.05, 3.63) is 29.3 Å². The van der Waals surface area contributed by atoms with E-state index in [1.54, 1.807) is 12.1 Å². The Morgan fingerprint density at radius 3 is 2.72 bits per heavy atom. The average molecular weight is 250 g/mol. The zero-order valence-corrected chi connectivity index (χ0v) is 11.2. The average Bonchev–Trinajstić information content (AvgIpc) is 2.28. The molecule has 1 unspecified atom stereocenters. The summed E-state index contributed by atoms with van der Waals surface area (Å²) < 4.78 is 0. The van der Waals surface area contributed by atoms with Crippen LogP contribution < -0.4 is 11.1 Å². The number of aryl methyl sites for hydroxylation is 1. The van der Waals surface area contributed by atoms with Crippen LogP contribution in [0.25, 0.3) is 0 Å². The minimum Gasteiger partial charge on any atom is -0.507 e. The standard InChI is InChI=1S/C14H22N2O2/c1-9(2)6-11(15)8-16-14(18)12-7-10(3)4-5-13(12)17/h4-5,7,9,11,17H,6,8,15H2,1-3H3,(H,16,18). The molecule has 18 heavy (non-hydrogen) atoms. The zero-order valence-electron chi connectivity index (χ0n) is 11.2. The van der Waals surface area contributed by atoms with Crippen LogP contribution >= 0.6 is 0 Å². The van der Waals surface area contributed by atoms with Gasteiger partial charge in [0.1, 0.15) is 5.75 Å². The third-order valence-electron chi connectivity index (χ3n) is 2.70. The lowest BCUT2D eigenvalue weighted by Gasteiger charge is -2.15. The van der Waals surface area contributed by atoms with Gasteiger partial charge < -0.3 is 16.2 Å². The third-order valence-corrected chi connectivity index (χ3v) is 2.70. The molecule has 0 bridgehead atoms. The van der Waals surface area contributed by atoms with Crippen LogP contribution in [0.1, 0.15) is 36.2 Å². The summed E-state index contributed by atoms with van der Waals surface area (Å²) >= 11 is 0. The Labute approximate surface area is 108 Å². The first-order valence-electron chi connectivity index (χ1n) is 6.23. The van der Waals surface area contributed by atoms with Gasteiger partial charge in [-0.1, -0.05) is 25.5 Å². The van der Waals surface area contributed by atoms with Crippen LogP contribution in [0, 0.1) is 12.8 Å². The number of aromatic hydroxyl groups is 1. The summed E-state index contributed by atoms with van der Waals surface area (Å²) in [4.78, 5) is 11.9. The van der Waals surface area contributed by atoms with Gasteiger partial charge >= 0.3 is 0 Å². The molecule has 4 N–H and O–H groups in total. The van der Waals surface area contributed by atoms with Crippen LogP contribution in [-0.4, -0.2) is 23.6 Å². The molecule has 1 atom stereocenters. The number of phenolic OH excluding ortho intramolecular Hbond substituents is 1. The van der Waals surface area contributed by atoms with Crippen LogP contribution in [-0.2, 0) is 0 Å². The summed E-state index contributed by atoms with van der Waals surface area (Å²) in [7, 11) is 0. The van der Waals surface area contributed by atoms with Crippen LogP contribution in [0.5, 0.6) is 5.75 Å². The monoisotopic (exact) mass is 250 g/mol. The van der Waals surface area contributed by atoms with Crippen molar-refractivity contribution in [1.29, 1.82) is 0 Å². The van der Waals surface area contributed by atoms with Gasteiger partial charge in [-0.25, -0.2) is 0 Å².